The number of hydrogen-bond acceptors (Lipinski definition) is 5. The molecule has 1 aromatic rings. The number of amides is 1. The van der Waals surface area contributed by atoms with Gasteiger partial charge in [-0.25, -0.2) is 14.6 Å². The number of nitrogens with zero attached hydrogens (tertiary/aromatic N) is 3. The molecule has 0 aliphatic carbocycles. The first-order valence-corrected chi connectivity index (χ1v) is 7.61. The lowest BCUT2D eigenvalue weighted by Crippen LogP contribution is -2.52. The van der Waals surface area contributed by atoms with E-state index in [0.717, 1.165) is 0 Å². The molecule has 1 atom stereocenters. The maximum atomic E-state index is 12.5. The molecule has 1 amide bonds. The summed E-state index contributed by atoms with van der Waals surface area (Å²) in [5.74, 6) is -0.491. The van der Waals surface area contributed by atoms with Crippen LogP contribution in [0.2, 0.25) is 0 Å². The van der Waals surface area contributed by atoms with Crippen LogP contribution in [0.15, 0.2) is 12.5 Å². The van der Waals surface area contributed by atoms with Crippen LogP contribution in [0.5, 0.6) is 0 Å². The zero-order chi connectivity index (χ0) is 17.8. The van der Waals surface area contributed by atoms with Gasteiger partial charge in [0.25, 0.3) is 0 Å². The molecule has 0 aliphatic rings. The fourth-order valence-electron chi connectivity index (χ4n) is 2.21. The van der Waals surface area contributed by atoms with Crippen LogP contribution in [0.25, 0.3) is 0 Å². The van der Waals surface area contributed by atoms with Crippen molar-refractivity contribution >= 4 is 12.1 Å². The van der Waals surface area contributed by atoms with Crippen LogP contribution < -0.4 is 0 Å². The molecule has 130 valence electrons. The first-order chi connectivity index (χ1) is 10.5. The van der Waals surface area contributed by atoms with Crippen LogP contribution in [0.3, 0.4) is 0 Å². The zero-order valence-electron chi connectivity index (χ0n) is 15.0. The molecule has 0 saturated heterocycles. The fourth-order valence-corrected chi connectivity index (χ4v) is 2.21. The minimum atomic E-state index is -0.787. The molecule has 0 bridgehead atoms. The third-order valence-electron chi connectivity index (χ3n) is 3.13. The summed E-state index contributed by atoms with van der Waals surface area (Å²) in [6.45, 7) is 9.02. The normalized spacial score (nSPS) is 12.9. The maximum Gasteiger partial charge on any atom is 0.411 e. The van der Waals surface area contributed by atoms with Gasteiger partial charge >= 0.3 is 12.1 Å². The second kappa shape index (κ2) is 7.48. The number of imidazole rings is 1. The van der Waals surface area contributed by atoms with Crippen LogP contribution in [-0.2, 0) is 27.7 Å². The summed E-state index contributed by atoms with van der Waals surface area (Å²) >= 11 is 0. The number of aromatic nitrogens is 2. The van der Waals surface area contributed by atoms with Gasteiger partial charge in [0.15, 0.2) is 0 Å². The molecule has 0 radical (unpaired) electrons. The van der Waals surface area contributed by atoms with Gasteiger partial charge in [-0.15, -0.1) is 0 Å². The smallest absolute Gasteiger partial charge is 0.411 e. The van der Waals surface area contributed by atoms with Crippen molar-refractivity contribution in [3.8, 4) is 0 Å². The predicted octanol–water partition coefficient (Wildman–Crippen LogP) is 2.15. The minimum absolute atomic E-state index is 0.224. The van der Waals surface area contributed by atoms with Gasteiger partial charge in [0.1, 0.15) is 11.6 Å². The lowest BCUT2D eigenvalue weighted by atomic mass is 10.1. The number of carbonyl (C=O) groups is 2. The monoisotopic (exact) mass is 325 g/mol. The summed E-state index contributed by atoms with van der Waals surface area (Å²) < 4.78 is 12.1. The molecule has 7 nitrogen and oxygen atoms in total. The summed E-state index contributed by atoms with van der Waals surface area (Å²) in [5, 5.41) is 0. The Labute approximate surface area is 137 Å². The number of methoxy groups -OCH3 is 1. The van der Waals surface area contributed by atoms with Crippen LogP contribution >= 0.6 is 0 Å². The Morgan fingerprint density at radius 1 is 1.35 bits per heavy atom. The molecule has 1 heterocycles. The van der Waals surface area contributed by atoms with E-state index < -0.39 is 23.7 Å². The van der Waals surface area contributed by atoms with E-state index in [0.29, 0.717) is 5.69 Å². The van der Waals surface area contributed by atoms with Gasteiger partial charge in [-0.05, 0) is 34.6 Å². The van der Waals surface area contributed by atoms with Crippen molar-refractivity contribution in [2.75, 3.05) is 7.11 Å². The number of carbonyl (C=O) groups excluding carboxylic acids is 2. The predicted molar refractivity (Wildman–Crippen MR) is 85.9 cm³/mol. The van der Waals surface area contributed by atoms with Gasteiger partial charge in [0.05, 0.1) is 19.1 Å². The average molecular weight is 325 g/mol. The molecule has 0 N–H and O–H groups in total. The van der Waals surface area contributed by atoms with E-state index >= 15 is 0 Å². The molecule has 0 aromatic carbocycles. The topological polar surface area (TPSA) is 73.7 Å². The molecular formula is C16H27N3O4. The van der Waals surface area contributed by atoms with Gasteiger partial charge in [-0.1, -0.05) is 0 Å². The Kier molecular flexibility index (Phi) is 6.18. The van der Waals surface area contributed by atoms with Crippen molar-refractivity contribution in [3.63, 3.8) is 0 Å². The summed E-state index contributed by atoms with van der Waals surface area (Å²) in [5.41, 5.74) is 0.0627. The highest BCUT2D eigenvalue weighted by molar-refractivity contribution is 5.82. The van der Waals surface area contributed by atoms with Crippen LogP contribution in [0, 0.1) is 0 Å². The van der Waals surface area contributed by atoms with Gasteiger partial charge < -0.3 is 14.0 Å². The molecule has 0 aliphatic heterocycles. The Morgan fingerprint density at radius 3 is 2.35 bits per heavy atom. The molecule has 1 rings (SSSR count). The molecule has 0 unspecified atom stereocenters. The summed E-state index contributed by atoms with van der Waals surface area (Å²) in [4.78, 5) is 30.4. The van der Waals surface area contributed by atoms with E-state index in [1.807, 2.05) is 27.1 Å². The third kappa shape index (κ3) is 5.58. The van der Waals surface area contributed by atoms with E-state index in [1.165, 1.54) is 12.0 Å². The number of aryl methyl sites for hydroxylation is 1. The third-order valence-corrected chi connectivity index (χ3v) is 3.13. The first-order valence-electron chi connectivity index (χ1n) is 7.61. The minimum Gasteiger partial charge on any atom is -0.467 e. The fraction of sp³-hybridized carbons (Fsp3) is 0.688. The Balaban J connectivity index is 3.08. The van der Waals surface area contributed by atoms with Crippen molar-refractivity contribution in [2.24, 2.45) is 7.05 Å². The van der Waals surface area contributed by atoms with E-state index in [1.54, 1.807) is 31.7 Å². The Morgan fingerprint density at radius 2 is 1.96 bits per heavy atom. The summed E-state index contributed by atoms with van der Waals surface area (Å²) in [6.07, 6.45) is 3.18. The SMILES string of the molecule is COC(=O)[C@@H](Cc1cn(C)cn1)N(C(=O)OC(C)(C)C)C(C)C. The maximum absolute atomic E-state index is 12.5. The van der Waals surface area contributed by atoms with E-state index in [-0.39, 0.29) is 12.5 Å². The first kappa shape index (κ1) is 19.0. The second-order valence-electron chi connectivity index (χ2n) is 6.75. The highest BCUT2D eigenvalue weighted by Crippen LogP contribution is 2.18. The van der Waals surface area contributed by atoms with Crippen LogP contribution in [0.4, 0.5) is 4.79 Å². The lowest BCUT2D eigenvalue weighted by Gasteiger charge is -2.34. The van der Waals surface area contributed by atoms with E-state index in [4.69, 9.17) is 9.47 Å². The highest BCUT2D eigenvalue weighted by Gasteiger charge is 2.36. The molecule has 23 heavy (non-hydrogen) atoms. The van der Waals surface area contributed by atoms with Gasteiger partial charge in [-0.2, -0.15) is 0 Å². The Bertz CT molecular complexity index is 546. The van der Waals surface area contributed by atoms with Crippen LogP contribution in [-0.4, -0.2) is 51.3 Å². The number of esters is 1. The average Bonchev–Trinajstić information content (AvgIpc) is 2.80. The number of hydrogen-bond donors (Lipinski definition) is 0. The molecular weight excluding hydrogens is 298 g/mol. The molecule has 0 saturated carbocycles. The van der Waals surface area contributed by atoms with Crippen LogP contribution in [0.1, 0.15) is 40.3 Å². The van der Waals surface area contributed by atoms with Crippen molar-refractivity contribution in [1.29, 1.82) is 0 Å². The van der Waals surface area contributed by atoms with E-state index in [2.05, 4.69) is 4.98 Å². The van der Waals surface area contributed by atoms with Crippen molar-refractivity contribution in [2.45, 2.75) is 58.7 Å². The zero-order valence-corrected chi connectivity index (χ0v) is 15.0. The summed E-state index contributed by atoms with van der Waals surface area (Å²) in [6, 6.07) is -1.01. The lowest BCUT2D eigenvalue weighted by molar-refractivity contribution is -0.147. The van der Waals surface area contributed by atoms with Crippen molar-refractivity contribution in [1.82, 2.24) is 14.5 Å². The standard InChI is InChI=1S/C16H27N3O4/c1-11(2)19(15(21)23-16(3,4)5)13(14(20)22-7)8-12-9-18(6)10-17-12/h9-11,13H,8H2,1-7H3/t13-/m1/s1. The molecule has 0 fully saturated rings. The van der Waals surface area contributed by atoms with Crippen molar-refractivity contribution < 1.29 is 19.1 Å². The molecule has 7 heteroatoms. The molecule has 0 spiro atoms. The highest BCUT2D eigenvalue weighted by atomic mass is 16.6. The van der Waals surface area contributed by atoms with E-state index in [9.17, 15) is 9.59 Å². The molecule has 1 aromatic heterocycles. The van der Waals surface area contributed by atoms with Gasteiger partial charge in [0, 0.05) is 25.7 Å². The van der Waals surface area contributed by atoms with Gasteiger partial charge in [0.2, 0.25) is 0 Å². The van der Waals surface area contributed by atoms with Gasteiger partial charge in [-0.3, -0.25) is 4.90 Å². The number of ether oxygens (including phenoxy) is 2. The quantitative estimate of drug-likeness (QED) is 0.776. The number of rotatable bonds is 5. The summed E-state index contributed by atoms with van der Waals surface area (Å²) in [7, 11) is 3.15. The second-order valence-corrected chi connectivity index (χ2v) is 6.75. The van der Waals surface area contributed by atoms with Crippen molar-refractivity contribution in [3.05, 3.63) is 18.2 Å². The largest absolute Gasteiger partial charge is 0.467 e. The Hall–Kier alpha value is -2.05.